The molecule has 0 saturated carbocycles. The van der Waals surface area contributed by atoms with E-state index in [0.717, 1.165) is 11.0 Å². The van der Waals surface area contributed by atoms with E-state index in [2.05, 4.69) is 21.2 Å². The number of ether oxygens (including phenoxy) is 2. The molecule has 1 aromatic rings. The van der Waals surface area contributed by atoms with Crippen molar-refractivity contribution in [2.75, 3.05) is 26.8 Å². The van der Waals surface area contributed by atoms with E-state index in [1.807, 2.05) is 6.92 Å². The van der Waals surface area contributed by atoms with Gasteiger partial charge in [-0.05, 0) is 25.1 Å². The molecule has 0 bridgehead atoms. The van der Waals surface area contributed by atoms with E-state index >= 15 is 0 Å². The van der Waals surface area contributed by atoms with Gasteiger partial charge >= 0.3 is 0 Å². The maximum Gasteiger partial charge on any atom is 0.165 e. The monoisotopic (exact) mass is 305 g/mol. The van der Waals surface area contributed by atoms with Gasteiger partial charge in [0.2, 0.25) is 0 Å². The first kappa shape index (κ1) is 14.4. The average molecular weight is 306 g/mol. The number of hydrogen-bond donors (Lipinski definition) is 1. The first-order valence-electron chi connectivity index (χ1n) is 5.45. The van der Waals surface area contributed by atoms with E-state index < -0.39 is 0 Å². The fourth-order valence-corrected chi connectivity index (χ4v) is 1.65. The highest BCUT2D eigenvalue weighted by molar-refractivity contribution is 9.10. The highest BCUT2D eigenvalue weighted by Crippen LogP contribution is 2.23. The molecule has 0 fully saturated rings. The Bertz CT molecular complexity index is 349. The molecule has 3 nitrogen and oxygen atoms in total. The fraction of sp³-hybridized carbons (Fsp3) is 0.500. The van der Waals surface area contributed by atoms with Crippen LogP contribution < -0.4 is 10.1 Å². The van der Waals surface area contributed by atoms with E-state index in [-0.39, 0.29) is 17.7 Å². The second-order valence-electron chi connectivity index (χ2n) is 3.70. The third-order valence-corrected chi connectivity index (χ3v) is 2.63. The summed E-state index contributed by atoms with van der Waals surface area (Å²) in [6.07, 6.45) is -0.101. The molecule has 0 aliphatic heterocycles. The van der Waals surface area contributed by atoms with E-state index in [0.29, 0.717) is 13.2 Å². The predicted molar refractivity (Wildman–Crippen MR) is 68.9 cm³/mol. The number of nitrogens with one attached hydrogen (secondary N) is 1. The normalized spacial score (nSPS) is 12.5. The topological polar surface area (TPSA) is 30.5 Å². The summed E-state index contributed by atoms with van der Waals surface area (Å²) in [5.41, 5.74) is 0. The van der Waals surface area contributed by atoms with Crippen LogP contribution in [0.5, 0.6) is 5.75 Å². The first-order valence-corrected chi connectivity index (χ1v) is 6.24. The van der Waals surface area contributed by atoms with E-state index in [1.165, 1.54) is 6.07 Å². The summed E-state index contributed by atoms with van der Waals surface area (Å²) in [4.78, 5) is 0. The molecule has 1 aromatic carbocycles. The molecule has 0 aliphatic carbocycles. The molecular weight excluding hydrogens is 289 g/mol. The third kappa shape index (κ3) is 5.48. The Morgan fingerprint density at radius 2 is 2.24 bits per heavy atom. The van der Waals surface area contributed by atoms with Crippen LogP contribution in [-0.4, -0.2) is 32.9 Å². The van der Waals surface area contributed by atoms with Crippen molar-refractivity contribution < 1.29 is 13.9 Å². The van der Waals surface area contributed by atoms with Crippen LogP contribution in [0.4, 0.5) is 4.39 Å². The van der Waals surface area contributed by atoms with Crippen LogP contribution in [0.25, 0.3) is 0 Å². The first-order chi connectivity index (χ1) is 8.13. The molecule has 17 heavy (non-hydrogen) atoms. The molecule has 5 heteroatoms. The van der Waals surface area contributed by atoms with E-state index in [1.54, 1.807) is 19.2 Å². The molecule has 0 amide bonds. The number of benzene rings is 1. The molecule has 0 radical (unpaired) electrons. The van der Waals surface area contributed by atoms with Gasteiger partial charge < -0.3 is 14.8 Å². The quantitative estimate of drug-likeness (QED) is 0.786. The minimum atomic E-state index is -0.350. The maximum absolute atomic E-state index is 13.4. The molecule has 0 heterocycles. The Balaban J connectivity index is 2.39. The van der Waals surface area contributed by atoms with Crippen LogP contribution in [0.2, 0.25) is 0 Å². The van der Waals surface area contributed by atoms with E-state index in [9.17, 15) is 4.39 Å². The van der Waals surface area contributed by atoms with Crippen LogP contribution >= 0.6 is 15.9 Å². The number of halogens is 2. The zero-order chi connectivity index (χ0) is 12.7. The standard InChI is InChI=1S/C12H17BrFNO2/c1-9(8-15-5-6-16-2)17-12-7-10(13)3-4-11(12)14/h3-4,7,9,15H,5-6,8H2,1-2H3. The van der Waals surface area contributed by atoms with Crippen LogP contribution in [0, 0.1) is 5.82 Å². The van der Waals surface area contributed by atoms with Crippen molar-refractivity contribution in [3.8, 4) is 5.75 Å². The van der Waals surface area contributed by atoms with Gasteiger partial charge in [-0.3, -0.25) is 0 Å². The van der Waals surface area contributed by atoms with Gasteiger partial charge in [-0.25, -0.2) is 4.39 Å². The Morgan fingerprint density at radius 3 is 2.94 bits per heavy atom. The van der Waals surface area contributed by atoms with Gasteiger partial charge in [0.1, 0.15) is 6.10 Å². The van der Waals surface area contributed by atoms with Crippen LogP contribution in [0.3, 0.4) is 0 Å². The molecule has 0 saturated heterocycles. The van der Waals surface area contributed by atoms with Gasteiger partial charge in [-0.1, -0.05) is 15.9 Å². The summed E-state index contributed by atoms with van der Waals surface area (Å²) in [6, 6.07) is 4.65. The van der Waals surface area contributed by atoms with Crippen molar-refractivity contribution in [1.29, 1.82) is 0 Å². The van der Waals surface area contributed by atoms with Crippen molar-refractivity contribution in [2.45, 2.75) is 13.0 Å². The molecule has 1 unspecified atom stereocenters. The summed E-state index contributed by atoms with van der Waals surface area (Å²) < 4.78 is 24.6. The summed E-state index contributed by atoms with van der Waals surface area (Å²) in [7, 11) is 1.65. The van der Waals surface area contributed by atoms with Crippen LogP contribution in [-0.2, 0) is 4.74 Å². The Labute approximate surface area is 109 Å². The minimum absolute atomic E-state index is 0.101. The highest BCUT2D eigenvalue weighted by atomic mass is 79.9. The SMILES string of the molecule is COCCNCC(C)Oc1cc(Br)ccc1F. The summed E-state index contributed by atoms with van der Waals surface area (Å²) in [5, 5.41) is 3.16. The van der Waals surface area contributed by atoms with Gasteiger partial charge in [-0.15, -0.1) is 0 Å². The lowest BCUT2D eigenvalue weighted by Gasteiger charge is -2.16. The van der Waals surface area contributed by atoms with Gasteiger partial charge in [0.15, 0.2) is 11.6 Å². The number of hydrogen-bond acceptors (Lipinski definition) is 3. The molecule has 1 atom stereocenters. The zero-order valence-corrected chi connectivity index (χ0v) is 11.6. The minimum Gasteiger partial charge on any atom is -0.486 e. The average Bonchev–Trinajstić information content (AvgIpc) is 2.29. The zero-order valence-electron chi connectivity index (χ0n) is 10.0. The van der Waals surface area contributed by atoms with Crippen LogP contribution in [0.1, 0.15) is 6.92 Å². The smallest absolute Gasteiger partial charge is 0.165 e. The molecular formula is C12H17BrFNO2. The number of methoxy groups -OCH3 is 1. The summed E-state index contributed by atoms with van der Waals surface area (Å²) >= 11 is 3.28. The summed E-state index contributed by atoms with van der Waals surface area (Å²) in [5.74, 6) is -0.0858. The van der Waals surface area contributed by atoms with Gasteiger partial charge in [0, 0.05) is 24.7 Å². The predicted octanol–water partition coefficient (Wildman–Crippen LogP) is 2.59. The second kappa shape index (κ2) is 7.63. The van der Waals surface area contributed by atoms with Crippen molar-refractivity contribution in [2.24, 2.45) is 0 Å². The van der Waals surface area contributed by atoms with Crippen molar-refractivity contribution in [3.05, 3.63) is 28.5 Å². The summed E-state index contributed by atoms with van der Waals surface area (Å²) in [6.45, 7) is 3.94. The van der Waals surface area contributed by atoms with Gasteiger partial charge in [0.05, 0.1) is 6.61 Å². The number of rotatable bonds is 7. The molecule has 1 N–H and O–H groups in total. The van der Waals surface area contributed by atoms with E-state index in [4.69, 9.17) is 9.47 Å². The second-order valence-corrected chi connectivity index (χ2v) is 4.62. The Morgan fingerprint density at radius 1 is 1.47 bits per heavy atom. The van der Waals surface area contributed by atoms with Gasteiger partial charge in [-0.2, -0.15) is 0 Å². The van der Waals surface area contributed by atoms with Crippen molar-refractivity contribution in [3.63, 3.8) is 0 Å². The van der Waals surface area contributed by atoms with Crippen molar-refractivity contribution in [1.82, 2.24) is 5.32 Å². The maximum atomic E-state index is 13.4. The Hall–Kier alpha value is -0.650. The Kier molecular flexibility index (Phi) is 6.47. The highest BCUT2D eigenvalue weighted by Gasteiger charge is 2.08. The third-order valence-electron chi connectivity index (χ3n) is 2.14. The molecule has 0 aromatic heterocycles. The lowest BCUT2D eigenvalue weighted by atomic mass is 10.3. The van der Waals surface area contributed by atoms with Crippen LogP contribution in [0.15, 0.2) is 22.7 Å². The lowest BCUT2D eigenvalue weighted by Crippen LogP contribution is -2.31. The largest absolute Gasteiger partial charge is 0.486 e. The van der Waals surface area contributed by atoms with Crippen molar-refractivity contribution >= 4 is 15.9 Å². The van der Waals surface area contributed by atoms with Gasteiger partial charge in [0.25, 0.3) is 0 Å². The molecule has 0 spiro atoms. The fourth-order valence-electron chi connectivity index (χ4n) is 1.31. The molecule has 1 rings (SSSR count). The molecule has 96 valence electrons. The molecule has 0 aliphatic rings. The lowest BCUT2D eigenvalue weighted by molar-refractivity contribution is 0.181.